The first-order chi connectivity index (χ1) is 11.6. The van der Waals surface area contributed by atoms with Crippen molar-refractivity contribution in [3.63, 3.8) is 0 Å². The second-order valence-corrected chi connectivity index (χ2v) is 6.24. The van der Waals surface area contributed by atoms with Gasteiger partial charge >= 0.3 is 0 Å². The molecule has 0 aliphatic heterocycles. The number of nitrogens with one attached hydrogen (secondary N) is 1. The summed E-state index contributed by atoms with van der Waals surface area (Å²) in [5.41, 5.74) is 2.61. The van der Waals surface area contributed by atoms with Crippen LogP contribution in [0.25, 0.3) is 0 Å². The van der Waals surface area contributed by atoms with E-state index >= 15 is 0 Å². The van der Waals surface area contributed by atoms with Gasteiger partial charge in [-0.05, 0) is 42.7 Å². The van der Waals surface area contributed by atoms with Gasteiger partial charge in [-0.3, -0.25) is 9.78 Å². The lowest BCUT2D eigenvalue weighted by atomic mass is 10.1. The number of hydrogen-bond acceptors (Lipinski definition) is 3. The Labute approximate surface area is 148 Å². The van der Waals surface area contributed by atoms with E-state index in [-0.39, 0.29) is 5.91 Å². The number of hydrogen-bond donors (Lipinski definition) is 1. The zero-order valence-corrected chi connectivity index (χ0v) is 15.0. The molecule has 24 heavy (non-hydrogen) atoms. The molecule has 0 fully saturated rings. The highest BCUT2D eigenvalue weighted by Crippen LogP contribution is 2.14. The summed E-state index contributed by atoms with van der Waals surface area (Å²) in [4.78, 5) is 18.6. The summed E-state index contributed by atoms with van der Waals surface area (Å²) in [5, 5.41) is 3.64. The van der Waals surface area contributed by atoms with Crippen LogP contribution in [-0.4, -0.2) is 31.0 Å². The van der Waals surface area contributed by atoms with Crippen molar-refractivity contribution in [2.75, 3.05) is 25.0 Å². The minimum atomic E-state index is -0.144. The van der Waals surface area contributed by atoms with Crippen LogP contribution in [0.5, 0.6) is 0 Å². The van der Waals surface area contributed by atoms with E-state index in [2.05, 4.69) is 22.1 Å². The normalized spacial score (nSPS) is 10.5. The molecule has 0 spiro atoms. The minimum absolute atomic E-state index is 0.144. The van der Waals surface area contributed by atoms with E-state index in [1.54, 1.807) is 6.20 Å². The average Bonchev–Trinajstić information content (AvgIpc) is 2.61. The summed E-state index contributed by atoms with van der Waals surface area (Å²) in [6, 6.07) is 11.4. The number of amides is 1. The highest BCUT2D eigenvalue weighted by Gasteiger charge is 2.09. The first kappa shape index (κ1) is 18.3. The van der Waals surface area contributed by atoms with E-state index in [1.165, 1.54) is 0 Å². The maximum atomic E-state index is 12.3. The minimum Gasteiger partial charge on any atom is -0.374 e. The third-order valence-corrected chi connectivity index (χ3v) is 4.13. The Bertz CT molecular complexity index is 658. The molecule has 1 aromatic carbocycles. The fourth-order valence-electron chi connectivity index (χ4n) is 2.37. The third-order valence-electron chi connectivity index (χ3n) is 3.88. The number of unbranched alkanes of at least 4 members (excludes halogenated alkanes) is 1. The lowest BCUT2D eigenvalue weighted by molar-refractivity contribution is 0.0949. The number of carbonyl (C=O) groups excluding carboxylic acids is 1. The molecule has 0 aliphatic rings. The number of carbonyl (C=O) groups is 1. The van der Waals surface area contributed by atoms with Gasteiger partial charge in [-0.15, -0.1) is 0 Å². The molecule has 0 aliphatic carbocycles. The lowest BCUT2D eigenvalue weighted by Gasteiger charge is -2.19. The fraction of sp³-hybridized carbons (Fsp3) is 0.368. The van der Waals surface area contributed by atoms with Gasteiger partial charge in [0.15, 0.2) is 0 Å². The van der Waals surface area contributed by atoms with Gasteiger partial charge < -0.3 is 10.2 Å². The van der Waals surface area contributed by atoms with Crippen LogP contribution in [0, 0.1) is 0 Å². The highest BCUT2D eigenvalue weighted by molar-refractivity contribution is 6.30. The van der Waals surface area contributed by atoms with Crippen molar-refractivity contribution < 1.29 is 4.79 Å². The van der Waals surface area contributed by atoms with E-state index < -0.39 is 0 Å². The number of aromatic nitrogens is 1. The van der Waals surface area contributed by atoms with Crippen LogP contribution in [0.15, 0.2) is 42.6 Å². The quantitative estimate of drug-likeness (QED) is 0.788. The zero-order valence-electron chi connectivity index (χ0n) is 14.3. The van der Waals surface area contributed by atoms with Crippen LogP contribution >= 0.6 is 11.6 Å². The molecule has 4 nitrogen and oxygen atoms in total. The largest absolute Gasteiger partial charge is 0.374 e. The molecule has 0 bridgehead atoms. The molecule has 2 aromatic rings. The van der Waals surface area contributed by atoms with Crippen molar-refractivity contribution in [3.05, 3.63) is 58.9 Å². The van der Waals surface area contributed by atoms with Crippen LogP contribution < -0.4 is 10.2 Å². The molecule has 0 unspecified atom stereocenters. The monoisotopic (exact) mass is 345 g/mol. The molecule has 0 atom stereocenters. The zero-order chi connectivity index (χ0) is 17.4. The van der Waals surface area contributed by atoms with Crippen LogP contribution in [0.1, 0.15) is 35.8 Å². The summed E-state index contributed by atoms with van der Waals surface area (Å²) in [6.07, 6.45) is 4.72. The van der Waals surface area contributed by atoms with Crippen LogP contribution in [0.4, 0.5) is 5.69 Å². The predicted octanol–water partition coefficient (Wildman–Crippen LogP) is 3.94. The Hall–Kier alpha value is -2.07. The van der Waals surface area contributed by atoms with E-state index in [0.29, 0.717) is 12.2 Å². The molecule has 2 rings (SSSR count). The van der Waals surface area contributed by atoms with E-state index in [4.69, 9.17) is 11.6 Å². The fourth-order valence-corrected chi connectivity index (χ4v) is 2.49. The van der Waals surface area contributed by atoms with Crippen molar-refractivity contribution in [3.8, 4) is 0 Å². The SMILES string of the molecule is CCCCN(C)c1ccnc(C(=O)NCCc2ccc(Cl)cc2)c1. The highest BCUT2D eigenvalue weighted by atomic mass is 35.5. The molecule has 0 radical (unpaired) electrons. The van der Waals surface area contributed by atoms with Gasteiger partial charge in [0.1, 0.15) is 5.69 Å². The molecular formula is C19H24ClN3O. The van der Waals surface area contributed by atoms with Gasteiger partial charge in [0, 0.05) is 37.0 Å². The predicted molar refractivity (Wildman–Crippen MR) is 99.9 cm³/mol. The van der Waals surface area contributed by atoms with Crippen molar-refractivity contribution in [1.82, 2.24) is 10.3 Å². The number of pyridine rings is 1. The first-order valence-electron chi connectivity index (χ1n) is 8.30. The molecule has 0 saturated carbocycles. The van der Waals surface area contributed by atoms with E-state index in [9.17, 15) is 4.79 Å². The van der Waals surface area contributed by atoms with Crippen molar-refractivity contribution in [2.24, 2.45) is 0 Å². The summed E-state index contributed by atoms with van der Waals surface area (Å²) >= 11 is 5.87. The molecule has 1 amide bonds. The van der Waals surface area contributed by atoms with Gasteiger partial charge in [0.05, 0.1) is 0 Å². The van der Waals surface area contributed by atoms with Crippen LogP contribution in [-0.2, 0) is 6.42 Å². The van der Waals surface area contributed by atoms with Crippen molar-refractivity contribution >= 4 is 23.2 Å². The molecule has 128 valence electrons. The number of anilines is 1. The Morgan fingerprint density at radius 3 is 2.71 bits per heavy atom. The van der Waals surface area contributed by atoms with Crippen LogP contribution in [0.3, 0.4) is 0 Å². The lowest BCUT2D eigenvalue weighted by Crippen LogP contribution is -2.27. The molecular weight excluding hydrogens is 322 g/mol. The second kappa shape index (κ2) is 9.28. The van der Waals surface area contributed by atoms with Crippen molar-refractivity contribution in [1.29, 1.82) is 0 Å². The molecule has 1 N–H and O–H groups in total. The number of nitrogens with zero attached hydrogens (tertiary/aromatic N) is 2. The van der Waals surface area contributed by atoms with Gasteiger partial charge in [-0.2, -0.15) is 0 Å². The Morgan fingerprint density at radius 2 is 2.00 bits per heavy atom. The van der Waals surface area contributed by atoms with Crippen molar-refractivity contribution in [2.45, 2.75) is 26.2 Å². The molecule has 0 saturated heterocycles. The van der Waals surface area contributed by atoms with Gasteiger partial charge in [0.25, 0.3) is 5.91 Å². The van der Waals surface area contributed by atoms with Crippen LogP contribution in [0.2, 0.25) is 5.02 Å². The molecule has 1 heterocycles. The first-order valence-corrected chi connectivity index (χ1v) is 8.67. The summed E-state index contributed by atoms with van der Waals surface area (Å²) in [5.74, 6) is -0.144. The maximum absolute atomic E-state index is 12.3. The average molecular weight is 346 g/mol. The number of halogens is 1. The van der Waals surface area contributed by atoms with Gasteiger partial charge in [0.2, 0.25) is 0 Å². The third kappa shape index (κ3) is 5.53. The van der Waals surface area contributed by atoms with E-state index in [0.717, 1.165) is 42.1 Å². The van der Waals surface area contributed by atoms with Gasteiger partial charge in [-0.1, -0.05) is 37.1 Å². The Balaban J connectivity index is 1.88. The second-order valence-electron chi connectivity index (χ2n) is 5.81. The van der Waals surface area contributed by atoms with Gasteiger partial charge in [-0.25, -0.2) is 0 Å². The summed E-state index contributed by atoms with van der Waals surface area (Å²) in [6.45, 7) is 3.70. The summed E-state index contributed by atoms with van der Waals surface area (Å²) < 4.78 is 0. The molecule has 5 heteroatoms. The standard InChI is InChI=1S/C19H24ClN3O/c1-3-4-13-23(2)17-10-12-21-18(14-17)19(24)22-11-9-15-5-7-16(20)8-6-15/h5-8,10,12,14H,3-4,9,11,13H2,1-2H3,(H,22,24). The number of benzene rings is 1. The maximum Gasteiger partial charge on any atom is 0.269 e. The smallest absolute Gasteiger partial charge is 0.269 e. The number of rotatable bonds is 8. The molecule has 1 aromatic heterocycles. The van der Waals surface area contributed by atoms with E-state index in [1.807, 2.05) is 43.4 Å². The summed E-state index contributed by atoms with van der Waals surface area (Å²) in [7, 11) is 2.03. The Morgan fingerprint density at radius 1 is 1.25 bits per heavy atom. The Kier molecular flexibility index (Phi) is 7.07. The topological polar surface area (TPSA) is 45.2 Å².